The summed E-state index contributed by atoms with van der Waals surface area (Å²) in [6.45, 7) is 3.63. The Bertz CT molecular complexity index is 735. The molecule has 2 fully saturated rings. The monoisotopic (exact) mass is 329 g/mol. The zero-order chi connectivity index (χ0) is 16.0. The summed E-state index contributed by atoms with van der Waals surface area (Å²) in [6, 6.07) is 7.04. The Morgan fingerprint density at radius 1 is 1.35 bits per heavy atom. The second-order valence-electron chi connectivity index (χ2n) is 7.00. The number of fused-ring (bicyclic) bond motifs is 1. The Kier molecular flexibility index (Phi) is 3.85. The number of amides is 1. The Morgan fingerprint density at radius 3 is 2.91 bits per heavy atom. The van der Waals surface area contributed by atoms with Gasteiger partial charge in [0.15, 0.2) is 0 Å². The van der Waals surface area contributed by atoms with Gasteiger partial charge in [0.05, 0.1) is 15.2 Å². The van der Waals surface area contributed by atoms with Crippen LogP contribution in [0.25, 0.3) is 10.2 Å². The van der Waals surface area contributed by atoms with Crippen LogP contribution in [0.2, 0.25) is 0 Å². The summed E-state index contributed by atoms with van der Waals surface area (Å²) in [5.41, 5.74) is 6.92. The number of carbonyl (C=O) groups is 1. The number of primary amides is 1. The van der Waals surface area contributed by atoms with Gasteiger partial charge in [-0.1, -0.05) is 6.42 Å². The van der Waals surface area contributed by atoms with Gasteiger partial charge in [-0.2, -0.15) is 0 Å². The Hall–Kier alpha value is -1.46. The quantitative estimate of drug-likeness (QED) is 0.937. The minimum Gasteiger partial charge on any atom is -0.366 e. The molecule has 2 heterocycles. The van der Waals surface area contributed by atoms with Crippen molar-refractivity contribution in [1.82, 2.24) is 9.88 Å². The van der Waals surface area contributed by atoms with Crippen molar-refractivity contribution in [2.45, 2.75) is 57.0 Å². The van der Waals surface area contributed by atoms with E-state index in [0.29, 0.717) is 11.5 Å². The summed E-state index contributed by atoms with van der Waals surface area (Å²) >= 11 is 1.72. The van der Waals surface area contributed by atoms with Crippen LogP contribution < -0.4 is 5.73 Å². The summed E-state index contributed by atoms with van der Waals surface area (Å²) in [4.78, 5) is 18.8. The highest BCUT2D eigenvalue weighted by Gasteiger charge is 2.38. The van der Waals surface area contributed by atoms with Crippen LogP contribution in [0, 0.1) is 0 Å². The standard InChI is InChI=1S/C18H23N3OS/c1-11-4-2-3-7-21(11)14-8-13(9-14)18-20-15-6-5-12(17(19)22)10-16(15)23-18/h5-6,10-11,13-14H,2-4,7-9H2,1H3,(H2,19,22). The third kappa shape index (κ3) is 2.76. The third-order valence-corrected chi connectivity index (χ3v) is 6.66. The highest BCUT2D eigenvalue weighted by atomic mass is 32.1. The van der Waals surface area contributed by atoms with Crippen LogP contribution in [0.3, 0.4) is 0 Å². The lowest BCUT2D eigenvalue weighted by molar-refractivity contribution is 0.0480. The summed E-state index contributed by atoms with van der Waals surface area (Å²) in [5.74, 6) is 0.216. The van der Waals surface area contributed by atoms with Gasteiger partial charge in [-0.3, -0.25) is 9.69 Å². The molecule has 0 bridgehead atoms. The predicted molar refractivity (Wildman–Crippen MR) is 93.9 cm³/mol. The maximum Gasteiger partial charge on any atom is 0.248 e. The number of rotatable bonds is 3. The molecule has 1 aliphatic carbocycles. The highest BCUT2D eigenvalue weighted by molar-refractivity contribution is 7.18. The molecule has 2 aromatic rings. The molecule has 1 saturated carbocycles. The van der Waals surface area contributed by atoms with Gasteiger partial charge in [0.2, 0.25) is 5.91 Å². The molecule has 1 aromatic heterocycles. The zero-order valence-electron chi connectivity index (χ0n) is 13.5. The molecule has 1 aliphatic heterocycles. The van der Waals surface area contributed by atoms with Crippen molar-refractivity contribution in [1.29, 1.82) is 0 Å². The molecule has 2 aliphatic rings. The lowest BCUT2D eigenvalue weighted by Gasteiger charge is -2.47. The smallest absolute Gasteiger partial charge is 0.248 e. The van der Waals surface area contributed by atoms with Crippen molar-refractivity contribution in [3.8, 4) is 0 Å². The summed E-state index contributed by atoms with van der Waals surface area (Å²) < 4.78 is 1.08. The molecule has 23 heavy (non-hydrogen) atoms. The molecule has 0 spiro atoms. The average Bonchev–Trinajstić information content (AvgIpc) is 2.90. The first kappa shape index (κ1) is 15.1. The lowest BCUT2D eigenvalue weighted by Crippen LogP contribution is -2.50. The van der Waals surface area contributed by atoms with E-state index in [0.717, 1.165) is 22.3 Å². The van der Waals surface area contributed by atoms with Gasteiger partial charge in [0.25, 0.3) is 0 Å². The van der Waals surface area contributed by atoms with Gasteiger partial charge < -0.3 is 5.73 Å². The van der Waals surface area contributed by atoms with Crippen molar-refractivity contribution in [2.75, 3.05) is 6.54 Å². The zero-order valence-corrected chi connectivity index (χ0v) is 14.3. The van der Waals surface area contributed by atoms with E-state index >= 15 is 0 Å². The Balaban J connectivity index is 1.47. The number of hydrogen-bond donors (Lipinski definition) is 1. The topological polar surface area (TPSA) is 59.2 Å². The second kappa shape index (κ2) is 5.87. The van der Waals surface area contributed by atoms with Crippen molar-refractivity contribution in [3.05, 3.63) is 28.8 Å². The first-order valence-corrected chi connectivity index (χ1v) is 9.39. The van der Waals surface area contributed by atoms with Gasteiger partial charge in [0.1, 0.15) is 0 Å². The lowest BCUT2D eigenvalue weighted by atomic mass is 9.78. The van der Waals surface area contributed by atoms with Crippen LogP contribution in [0.15, 0.2) is 18.2 Å². The SMILES string of the molecule is CC1CCCCN1C1CC(c2nc3ccc(C(N)=O)cc3s2)C1. The van der Waals surface area contributed by atoms with E-state index in [1.807, 2.05) is 12.1 Å². The maximum atomic E-state index is 11.3. The number of nitrogens with two attached hydrogens (primary N) is 1. The first-order chi connectivity index (χ1) is 11.1. The number of likely N-dealkylation sites (tertiary alicyclic amines) is 1. The minimum atomic E-state index is -0.371. The number of nitrogens with zero attached hydrogens (tertiary/aromatic N) is 2. The van der Waals surface area contributed by atoms with E-state index in [1.165, 1.54) is 43.7 Å². The molecule has 0 radical (unpaired) electrons. The largest absolute Gasteiger partial charge is 0.366 e. The molecule has 1 atom stereocenters. The first-order valence-electron chi connectivity index (χ1n) is 8.58. The van der Waals surface area contributed by atoms with Crippen LogP contribution in [-0.4, -0.2) is 34.4 Å². The van der Waals surface area contributed by atoms with Crippen LogP contribution in [-0.2, 0) is 0 Å². The summed E-state index contributed by atoms with van der Waals surface area (Å²) in [6.07, 6.45) is 6.54. The fourth-order valence-electron chi connectivity index (χ4n) is 3.99. The van der Waals surface area contributed by atoms with Gasteiger partial charge in [-0.15, -0.1) is 11.3 Å². The van der Waals surface area contributed by atoms with Crippen molar-refractivity contribution in [2.24, 2.45) is 5.73 Å². The van der Waals surface area contributed by atoms with Crippen LogP contribution in [0.5, 0.6) is 0 Å². The van der Waals surface area contributed by atoms with E-state index in [-0.39, 0.29) is 5.91 Å². The van der Waals surface area contributed by atoms with Gasteiger partial charge >= 0.3 is 0 Å². The molecular formula is C18H23N3OS. The minimum absolute atomic E-state index is 0.371. The fraction of sp³-hybridized carbons (Fsp3) is 0.556. The van der Waals surface area contributed by atoms with E-state index in [4.69, 9.17) is 10.7 Å². The van der Waals surface area contributed by atoms with E-state index in [2.05, 4.69) is 11.8 Å². The maximum absolute atomic E-state index is 11.3. The number of hydrogen-bond acceptors (Lipinski definition) is 4. The molecular weight excluding hydrogens is 306 g/mol. The van der Waals surface area contributed by atoms with E-state index < -0.39 is 0 Å². The Morgan fingerprint density at radius 2 is 2.17 bits per heavy atom. The highest BCUT2D eigenvalue weighted by Crippen LogP contribution is 2.44. The van der Waals surface area contributed by atoms with Crippen LogP contribution >= 0.6 is 11.3 Å². The molecule has 5 heteroatoms. The number of carbonyl (C=O) groups excluding carboxylic acids is 1. The average molecular weight is 329 g/mol. The van der Waals surface area contributed by atoms with E-state index in [9.17, 15) is 4.79 Å². The molecule has 122 valence electrons. The molecule has 2 N–H and O–H groups in total. The van der Waals surface area contributed by atoms with Crippen molar-refractivity contribution in [3.63, 3.8) is 0 Å². The molecule has 1 amide bonds. The summed E-state index contributed by atoms with van der Waals surface area (Å²) in [7, 11) is 0. The Labute approximate surface area is 140 Å². The number of aromatic nitrogens is 1. The molecule has 4 rings (SSSR count). The van der Waals surface area contributed by atoms with Gasteiger partial charge in [-0.25, -0.2) is 4.98 Å². The molecule has 1 saturated heterocycles. The van der Waals surface area contributed by atoms with E-state index in [1.54, 1.807) is 17.4 Å². The number of thiazole rings is 1. The number of benzene rings is 1. The van der Waals surface area contributed by atoms with Gasteiger partial charge in [-0.05, 0) is 57.4 Å². The van der Waals surface area contributed by atoms with Crippen LogP contribution in [0.4, 0.5) is 0 Å². The van der Waals surface area contributed by atoms with Crippen LogP contribution in [0.1, 0.15) is 60.3 Å². The van der Waals surface area contributed by atoms with Crippen molar-refractivity contribution >= 4 is 27.5 Å². The fourth-order valence-corrected chi connectivity index (χ4v) is 5.13. The number of piperidine rings is 1. The molecule has 1 unspecified atom stereocenters. The second-order valence-corrected chi connectivity index (χ2v) is 8.07. The molecule has 1 aromatic carbocycles. The predicted octanol–water partition coefficient (Wildman–Crippen LogP) is 3.52. The summed E-state index contributed by atoms with van der Waals surface area (Å²) in [5, 5.41) is 1.22. The van der Waals surface area contributed by atoms with Crippen molar-refractivity contribution < 1.29 is 4.79 Å². The van der Waals surface area contributed by atoms with Gasteiger partial charge in [0, 0.05) is 23.6 Å². The third-order valence-electron chi connectivity index (χ3n) is 5.48. The molecule has 4 nitrogen and oxygen atoms in total. The normalized spacial score (nSPS) is 28.7.